The highest BCUT2D eigenvalue weighted by Gasteiger charge is 1.99. The highest BCUT2D eigenvalue weighted by molar-refractivity contribution is 5.23. The first kappa shape index (κ1) is 13.1. The smallest absolute Gasteiger partial charge is 0.126 e. The molecule has 0 fully saturated rings. The molecule has 0 bridgehead atoms. The van der Waals surface area contributed by atoms with Gasteiger partial charge in [0.15, 0.2) is 0 Å². The van der Waals surface area contributed by atoms with Gasteiger partial charge in [-0.2, -0.15) is 0 Å². The molecule has 1 rings (SSSR count). The quantitative estimate of drug-likeness (QED) is 0.729. The standard InChI is InChI=1S/C13H20FNO/c1-10-8-12(5-6-13(10)14)9-15-7-3-4-11(2)16/h5-6,8,11,15-16H,3-4,7,9H2,1-2H3. The van der Waals surface area contributed by atoms with Crippen molar-refractivity contribution in [3.05, 3.63) is 35.1 Å². The van der Waals surface area contributed by atoms with Crippen LogP contribution in [0.4, 0.5) is 4.39 Å². The lowest BCUT2D eigenvalue weighted by molar-refractivity contribution is 0.181. The number of nitrogens with one attached hydrogen (secondary N) is 1. The van der Waals surface area contributed by atoms with Crippen LogP contribution in [0.25, 0.3) is 0 Å². The number of aliphatic hydroxyl groups is 1. The number of rotatable bonds is 6. The average molecular weight is 225 g/mol. The molecular weight excluding hydrogens is 205 g/mol. The molecule has 0 aliphatic carbocycles. The predicted octanol–water partition coefficient (Wildman–Crippen LogP) is 2.38. The molecule has 1 aromatic carbocycles. The van der Waals surface area contributed by atoms with Crippen LogP contribution in [0.1, 0.15) is 30.9 Å². The molecule has 2 N–H and O–H groups in total. The molecule has 2 nitrogen and oxygen atoms in total. The van der Waals surface area contributed by atoms with Gasteiger partial charge in [0.1, 0.15) is 5.82 Å². The molecule has 1 atom stereocenters. The summed E-state index contributed by atoms with van der Waals surface area (Å²) in [5, 5.41) is 12.3. The van der Waals surface area contributed by atoms with Crippen molar-refractivity contribution in [1.29, 1.82) is 0 Å². The van der Waals surface area contributed by atoms with Gasteiger partial charge in [-0.25, -0.2) is 4.39 Å². The van der Waals surface area contributed by atoms with Gasteiger partial charge in [-0.15, -0.1) is 0 Å². The first-order valence-electron chi connectivity index (χ1n) is 5.73. The molecule has 1 aromatic rings. The van der Waals surface area contributed by atoms with E-state index in [-0.39, 0.29) is 11.9 Å². The van der Waals surface area contributed by atoms with Crippen molar-refractivity contribution in [3.8, 4) is 0 Å². The maximum absolute atomic E-state index is 13.0. The van der Waals surface area contributed by atoms with Gasteiger partial charge in [-0.3, -0.25) is 0 Å². The molecule has 0 saturated heterocycles. The van der Waals surface area contributed by atoms with Crippen LogP contribution < -0.4 is 5.32 Å². The summed E-state index contributed by atoms with van der Waals surface area (Å²) in [7, 11) is 0. The zero-order valence-electron chi connectivity index (χ0n) is 9.96. The van der Waals surface area contributed by atoms with Gasteiger partial charge < -0.3 is 10.4 Å². The second-order valence-electron chi connectivity index (χ2n) is 4.25. The minimum absolute atomic E-state index is 0.155. The van der Waals surface area contributed by atoms with Crippen LogP contribution in [-0.2, 0) is 6.54 Å². The van der Waals surface area contributed by atoms with E-state index >= 15 is 0 Å². The average Bonchev–Trinajstić information content (AvgIpc) is 2.22. The number of hydrogen-bond donors (Lipinski definition) is 2. The molecule has 3 heteroatoms. The molecule has 0 amide bonds. The van der Waals surface area contributed by atoms with Crippen LogP contribution in [0.15, 0.2) is 18.2 Å². The number of aryl methyl sites for hydroxylation is 1. The van der Waals surface area contributed by atoms with Gasteiger partial charge in [0.05, 0.1) is 6.10 Å². The lowest BCUT2D eigenvalue weighted by atomic mass is 10.1. The Morgan fingerprint density at radius 2 is 2.19 bits per heavy atom. The summed E-state index contributed by atoms with van der Waals surface area (Å²) in [6.07, 6.45) is 1.54. The fourth-order valence-corrected chi connectivity index (χ4v) is 1.57. The highest BCUT2D eigenvalue weighted by atomic mass is 19.1. The Morgan fingerprint density at radius 3 is 2.81 bits per heavy atom. The van der Waals surface area contributed by atoms with E-state index in [1.807, 2.05) is 6.07 Å². The topological polar surface area (TPSA) is 32.3 Å². The predicted molar refractivity (Wildman–Crippen MR) is 63.8 cm³/mol. The number of aliphatic hydroxyl groups excluding tert-OH is 1. The summed E-state index contributed by atoms with van der Waals surface area (Å²) in [6.45, 7) is 5.19. The van der Waals surface area contributed by atoms with Crippen molar-refractivity contribution < 1.29 is 9.50 Å². The normalized spacial score (nSPS) is 12.8. The molecule has 0 heterocycles. The first-order valence-corrected chi connectivity index (χ1v) is 5.73. The molecule has 0 aromatic heterocycles. The summed E-state index contributed by atoms with van der Waals surface area (Å²) in [4.78, 5) is 0. The van der Waals surface area contributed by atoms with E-state index in [2.05, 4.69) is 5.32 Å². The van der Waals surface area contributed by atoms with Crippen molar-refractivity contribution in [2.75, 3.05) is 6.54 Å². The van der Waals surface area contributed by atoms with Crippen LogP contribution in [0, 0.1) is 12.7 Å². The number of benzene rings is 1. The van der Waals surface area contributed by atoms with E-state index in [9.17, 15) is 4.39 Å². The first-order chi connectivity index (χ1) is 7.59. The van der Waals surface area contributed by atoms with Crippen LogP contribution >= 0.6 is 0 Å². The van der Waals surface area contributed by atoms with E-state index in [0.29, 0.717) is 5.56 Å². The highest BCUT2D eigenvalue weighted by Crippen LogP contribution is 2.08. The van der Waals surface area contributed by atoms with Gasteiger partial charge in [-0.05, 0) is 50.4 Å². The zero-order valence-corrected chi connectivity index (χ0v) is 9.96. The zero-order chi connectivity index (χ0) is 12.0. The third-order valence-corrected chi connectivity index (χ3v) is 2.53. The Bertz CT molecular complexity index is 326. The van der Waals surface area contributed by atoms with Crippen LogP contribution in [0.5, 0.6) is 0 Å². The minimum atomic E-state index is -0.227. The molecule has 0 aliphatic rings. The Balaban J connectivity index is 2.24. The van der Waals surface area contributed by atoms with Crippen molar-refractivity contribution in [3.63, 3.8) is 0 Å². The lowest BCUT2D eigenvalue weighted by Crippen LogP contribution is -2.16. The summed E-state index contributed by atoms with van der Waals surface area (Å²) < 4.78 is 13.0. The Hall–Kier alpha value is -0.930. The Kier molecular flexibility index (Phi) is 5.43. The SMILES string of the molecule is Cc1cc(CNCCCC(C)O)ccc1F. The molecule has 16 heavy (non-hydrogen) atoms. The molecule has 1 unspecified atom stereocenters. The van der Waals surface area contributed by atoms with E-state index < -0.39 is 0 Å². The molecule has 0 radical (unpaired) electrons. The summed E-state index contributed by atoms with van der Waals surface area (Å²) in [5.41, 5.74) is 1.78. The molecule has 0 aliphatic heterocycles. The molecule has 0 spiro atoms. The molecule has 0 saturated carbocycles. The van der Waals surface area contributed by atoms with Crippen LogP contribution in [0.2, 0.25) is 0 Å². The third kappa shape index (κ3) is 4.73. The van der Waals surface area contributed by atoms with Crippen LogP contribution in [-0.4, -0.2) is 17.8 Å². The summed E-state index contributed by atoms with van der Waals surface area (Å²) in [6, 6.07) is 5.16. The van der Waals surface area contributed by atoms with Crippen molar-refractivity contribution in [2.45, 2.75) is 39.3 Å². The van der Waals surface area contributed by atoms with E-state index in [1.165, 1.54) is 6.07 Å². The fraction of sp³-hybridized carbons (Fsp3) is 0.538. The van der Waals surface area contributed by atoms with E-state index in [1.54, 1.807) is 19.9 Å². The van der Waals surface area contributed by atoms with Crippen molar-refractivity contribution in [2.24, 2.45) is 0 Å². The third-order valence-electron chi connectivity index (χ3n) is 2.53. The van der Waals surface area contributed by atoms with Crippen molar-refractivity contribution in [1.82, 2.24) is 5.32 Å². The second kappa shape index (κ2) is 6.61. The van der Waals surface area contributed by atoms with Crippen molar-refractivity contribution >= 4 is 0 Å². The van der Waals surface area contributed by atoms with E-state index in [4.69, 9.17) is 5.11 Å². The maximum Gasteiger partial charge on any atom is 0.126 e. The number of halogens is 1. The Morgan fingerprint density at radius 1 is 1.44 bits per heavy atom. The largest absolute Gasteiger partial charge is 0.393 e. The van der Waals surface area contributed by atoms with Gasteiger partial charge in [0.2, 0.25) is 0 Å². The second-order valence-corrected chi connectivity index (χ2v) is 4.25. The summed E-state index contributed by atoms with van der Waals surface area (Å²) in [5.74, 6) is -0.155. The minimum Gasteiger partial charge on any atom is -0.393 e. The molecule has 90 valence electrons. The lowest BCUT2D eigenvalue weighted by Gasteiger charge is -2.07. The monoisotopic (exact) mass is 225 g/mol. The maximum atomic E-state index is 13.0. The van der Waals surface area contributed by atoms with E-state index in [0.717, 1.165) is 31.5 Å². The van der Waals surface area contributed by atoms with Gasteiger partial charge in [0.25, 0.3) is 0 Å². The van der Waals surface area contributed by atoms with Gasteiger partial charge in [0, 0.05) is 6.54 Å². The van der Waals surface area contributed by atoms with Crippen LogP contribution in [0.3, 0.4) is 0 Å². The van der Waals surface area contributed by atoms with Gasteiger partial charge in [-0.1, -0.05) is 12.1 Å². The summed E-state index contributed by atoms with van der Waals surface area (Å²) >= 11 is 0. The number of hydrogen-bond acceptors (Lipinski definition) is 2. The molecular formula is C13H20FNO. The Labute approximate surface area is 96.5 Å². The fourth-order valence-electron chi connectivity index (χ4n) is 1.57. The van der Waals surface area contributed by atoms with Gasteiger partial charge >= 0.3 is 0 Å².